The molecule has 0 fully saturated rings. The van der Waals surface area contributed by atoms with Crippen molar-refractivity contribution in [2.45, 2.75) is 457 Å². The second-order valence-electron chi connectivity index (χ2n) is 27.2. The maximum atomic E-state index is 12.4. The van der Waals surface area contributed by atoms with Crippen LogP contribution in [-0.2, 0) is 19.1 Å². The standard InChI is InChI=1S/C81H154O5/c1-3-5-7-9-11-13-15-17-19-21-23-25-27-29-31-33-35-37-38-39-40-41-42-44-45-47-49-51-53-55-57-59-61-63-65-67-69-71-73-75-80(83)85-78-79(77-82)86-81(84)76-74-72-70-68-66-64-62-60-58-56-54-52-50-48-46-43-36-34-32-30-28-26-24-22-20-18-16-14-12-10-8-6-4-2/h16,18,22,24,28,30,79,82H,3-15,17,19-21,23,25-27,29,31-78H2,1-2H3/b18-16-,24-22-,30-28-. The van der Waals surface area contributed by atoms with E-state index in [0.717, 1.165) is 44.9 Å². The molecule has 0 spiro atoms. The number of rotatable bonds is 75. The van der Waals surface area contributed by atoms with Crippen LogP contribution in [0.4, 0.5) is 0 Å². The molecule has 5 heteroatoms. The Hall–Kier alpha value is -1.88. The molecule has 0 radical (unpaired) electrons. The van der Waals surface area contributed by atoms with Crippen molar-refractivity contribution in [3.8, 4) is 0 Å². The van der Waals surface area contributed by atoms with Crippen molar-refractivity contribution in [1.29, 1.82) is 0 Å². The van der Waals surface area contributed by atoms with Gasteiger partial charge in [0.25, 0.3) is 0 Å². The molecule has 0 saturated carbocycles. The third-order valence-corrected chi connectivity index (χ3v) is 18.4. The highest BCUT2D eigenvalue weighted by Crippen LogP contribution is 2.20. The van der Waals surface area contributed by atoms with E-state index in [1.807, 2.05) is 0 Å². The predicted octanol–water partition coefficient (Wildman–Crippen LogP) is 27.7. The van der Waals surface area contributed by atoms with Crippen LogP contribution in [0, 0.1) is 0 Å². The van der Waals surface area contributed by atoms with Gasteiger partial charge in [0, 0.05) is 12.8 Å². The number of hydrogen-bond donors (Lipinski definition) is 1. The van der Waals surface area contributed by atoms with E-state index in [1.54, 1.807) is 0 Å². The molecule has 0 saturated heterocycles. The minimum Gasteiger partial charge on any atom is -0.462 e. The van der Waals surface area contributed by atoms with Crippen molar-refractivity contribution in [2.24, 2.45) is 0 Å². The van der Waals surface area contributed by atoms with Crippen LogP contribution >= 0.6 is 0 Å². The van der Waals surface area contributed by atoms with E-state index in [-0.39, 0.29) is 25.2 Å². The van der Waals surface area contributed by atoms with Crippen LogP contribution in [0.25, 0.3) is 0 Å². The average Bonchev–Trinajstić information content (AvgIpc) is 3.55. The molecule has 0 aliphatic rings. The minimum absolute atomic E-state index is 0.0589. The lowest BCUT2D eigenvalue weighted by atomic mass is 10.0. The highest BCUT2D eigenvalue weighted by molar-refractivity contribution is 5.70. The van der Waals surface area contributed by atoms with Crippen molar-refractivity contribution >= 4 is 11.9 Å². The molecule has 0 bridgehead atoms. The molecule has 0 amide bonds. The SMILES string of the molecule is CCCCCCC/C=C\C/C=C\C/C=C\CCCCCCCCCCCCCCCCCCCCC(=O)OC(CO)COC(=O)CCCCCCCCCCCCCCCCCCCCCCCCCCCCCCCCCCCCCCCCC. The van der Waals surface area contributed by atoms with Gasteiger partial charge in [0.05, 0.1) is 6.61 Å². The summed E-state index contributed by atoms with van der Waals surface area (Å²) in [5.74, 6) is -0.563. The van der Waals surface area contributed by atoms with Crippen LogP contribution in [0.2, 0.25) is 0 Å². The fraction of sp³-hybridized carbons (Fsp3) is 0.901. The zero-order valence-electron chi connectivity index (χ0n) is 58.6. The molecule has 0 aromatic rings. The number of ether oxygens (including phenoxy) is 2. The van der Waals surface area contributed by atoms with E-state index in [2.05, 4.69) is 50.3 Å². The fourth-order valence-electron chi connectivity index (χ4n) is 12.5. The van der Waals surface area contributed by atoms with Crippen LogP contribution in [0.15, 0.2) is 36.5 Å². The molecule has 0 aromatic carbocycles. The minimum atomic E-state index is -0.770. The van der Waals surface area contributed by atoms with Crippen molar-refractivity contribution in [1.82, 2.24) is 0 Å². The first-order chi connectivity index (χ1) is 42.6. The van der Waals surface area contributed by atoms with E-state index in [0.29, 0.717) is 12.8 Å². The second kappa shape index (κ2) is 77.4. The average molecular weight is 1210 g/mol. The van der Waals surface area contributed by atoms with E-state index >= 15 is 0 Å². The first kappa shape index (κ1) is 84.1. The smallest absolute Gasteiger partial charge is 0.306 e. The van der Waals surface area contributed by atoms with Crippen LogP contribution in [0.3, 0.4) is 0 Å². The quantitative estimate of drug-likeness (QED) is 0.0373. The van der Waals surface area contributed by atoms with Gasteiger partial charge in [-0.1, -0.05) is 423 Å². The molecule has 1 atom stereocenters. The third kappa shape index (κ3) is 74.6. The Labute approximate surface area is 539 Å². The maximum absolute atomic E-state index is 12.4. The number of hydrogen-bond acceptors (Lipinski definition) is 5. The van der Waals surface area contributed by atoms with Gasteiger partial charge >= 0.3 is 11.9 Å². The zero-order valence-corrected chi connectivity index (χ0v) is 58.6. The summed E-state index contributed by atoms with van der Waals surface area (Å²) >= 11 is 0. The van der Waals surface area contributed by atoms with Crippen LogP contribution in [0.1, 0.15) is 450 Å². The summed E-state index contributed by atoms with van der Waals surface area (Å²) in [7, 11) is 0. The number of esters is 2. The van der Waals surface area contributed by atoms with Gasteiger partial charge in [-0.05, 0) is 51.4 Å². The van der Waals surface area contributed by atoms with Crippen molar-refractivity contribution in [3.63, 3.8) is 0 Å². The largest absolute Gasteiger partial charge is 0.462 e. The maximum Gasteiger partial charge on any atom is 0.306 e. The lowest BCUT2D eigenvalue weighted by molar-refractivity contribution is -0.161. The summed E-state index contributed by atoms with van der Waals surface area (Å²) in [5, 5.41) is 9.72. The summed E-state index contributed by atoms with van der Waals surface area (Å²) in [6, 6.07) is 0. The summed E-state index contributed by atoms with van der Waals surface area (Å²) in [5.41, 5.74) is 0. The van der Waals surface area contributed by atoms with Crippen molar-refractivity contribution in [3.05, 3.63) is 36.5 Å². The van der Waals surface area contributed by atoms with Gasteiger partial charge in [-0.3, -0.25) is 9.59 Å². The number of carbonyl (C=O) groups excluding carboxylic acids is 2. The highest BCUT2D eigenvalue weighted by Gasteiger charge is 2.16. The Bertz CT molecular complexity index is 1370. The summed E-state index contributed by atoms with van der Waals surface area (Å²) in [6.07, 6.45) is 104. The molecular formula is C81H154O5. The molecule has 0 aliphatic carbocycles. The molecule has 5 nitrogen and oxygen atoms in total. The Morgan fingerprint density at radius 1 is 0.267 bits per heavy atom. The Balaban J connectivity index is 3.36. The first-order valence-corrected chi connectivity index (χ1v) is 39.5. The number of aliphatic hydroxyl groups is 1. The lowest BCUT2D eigenvalue weighted by Gasteiger charge is -2.15. The summed E-state index contributed by atoms with van der Waals surface area (Å²) < 4.78 is 10.8. The van der Waals surface area contributed by atoms with Gasteiger partial charge in [0.2, 0.25) is 0 Å². The lowest BCUT2D eigenvalue weighted by Crippen LogP contribution is -2.28. The van der Waals surface area contributed by atoms with E-state index in [1.165, 1.54) is 379 Å². The molecule has 1 unspecified atom stereocenters. The fourth-order valence-corrected chi connectivity index (χ4v) is 12.5. The Morgan fingerprint density at radius 3 is 0.698 bits per heavy atom. The summed E-state index contributed by atoms with van der Waals surface area (Å²) in [6.45, 7) is 4.20. The Morgan fingerprint density at radius 2 is 0.465 bits per heavy atom. The molecular weight excluding hydrogens is 1050 g/mol. The highest BCUT2D eigenvalue weighted by atomic mass is 16.6. The molecule has 508 valence electrons. The monoisotopic (exact) mass is 1210 g/mol. The van der Waals surface area contributed by atoms with Gasteiger partial charge in [-0.2, -0.15) is 0 Å². The Kier molecular flexibility index (Phi) is 75.7. The second-order valence-corrected chi connectivity index (χ2v) is 27.2. The van der Waals surface area contributed by atoms with Gasteiger partial charge in [0.15, 0.2) is 6.10 Å². The van der Waals surface area contributed by atoms with Gasteiger partial charge in [-0.15, -0.1) is 0 Å². The van der Waals surface area contributed by atoms with Crippen molar-refractivity contribution in [2.75, 3.05) is 13.2 Å². The topological polar surface area (TPSA) is 72.8 Å². The molecule has 86 heavy (non-hydrogen) atoms. The van der Waals surface area contributed by atoms with Gasteiger partial charge in [0.1, 0.15) is 6.61 Å². The number of aliphatic hydroxyl groups excluding tert-OH is 1. The van der Waals surface area contributed by atoms with Gasteiger partial charge in [-0.25, -0.2) is 0 Å². The van der Waals surface area contributed by atoms with Crippen molar-refractivity contribution < 1.29 is 24.2 Å². The normalized spacial score (nSPS) is 12.3. The van der Waals surface area contributed by atoms with E-state index in [9.17, 15) is 14.7 Å². The van der Waals surface area contributed by atoms with Crippen LogP contribution < -0.4 is 0 Å². The van der Waals surface area contributed by atoms with Gasteiger partial charge < -0.3 is 14.6 Å². The van der Waals surface area contributed by atoms with E-state index in [4.69, 9.17) is 9.47 Å². The molecule has 0 aliphatic heterocycles. The molecule has 1 N–H and O–H groups in total. The zero-order chi connectivity index (χ0) is 61.9. The molecule has 0 rings (SSSR count). The summed E-state index contributed by atoms with van der Waals surface area (Å²) in [4.78, 5) is 24.7. The number of unbranched alkanes of at least 4 members (excludes halogenated alkanes) is 61. The van der Waals surface area contributed by atoms with Crippen LogP contribution in [-0.4, -0.2) is 36.4 Å². The number of allylic oxidation sites excluding steroid dienone is 6. The predicted molar refractivity (Wildman–Crippen MR) is 381 cm³/mol. The van der Waals surface area contributed by atoms with Crippen LogP contribution in [0.5, 0.6) is 0 Å². The van der Waals surface area contributed by atoms with E-state index < -0.39 is 6.10 Å². The number of carbonyl (C=O) groups is 2. The molecule has 0 heterocycles. The third-order valence-electron chi connectivity index (χ3n) is 18.4. The first-order valence-electron chi connectivity index (χ1n) is 39.5. The molecule has 0 aromatic heterocycles.